The van der Waals surface area contributed by atoms with Gasteiger partial charge in [0.15, 0.2) is 5.65 Å². The largest absolute Gasteiger partial charge is 0.348 e. The first-order valence-electron chi connectivity index (χ1n) is 13.7. The van der Waals surface area contributed by atoms with Gasteiger partial charge < -0.3 is 9.47 Å². The van der Waals surface area contributed by atoms with E-state index in [2.05, 4.69) is 20.5 Å². The van der Waals surface area contributed by atoms with Crippen LogP contribution in [0.25, 0.3) is 33.3 Å². The Bertz CT molecular complexity index is 1960. The predicted octanol–water partition coefficient (Wildman–Crippen LogP) is 3.54. The first-order valence-corrected chi connectivity index (χ1v) is 14.1. The number of aromatic nitrogens is 6. The molecule has 0 saturated heterocycles. The lowest BCUT2D eigenvalue weighted by atomic mass is 10.1. The number of pyridine rings is 1. The zero-order chi connectivity index (χ0) is 28.8. The molecule has 4 heterocycles. The number of halogens is 1. The van der Waals surface area contributed by atoms with Gasteiger partial charge in [0, 0.05) is 50.0 Å². The summed E-state index contributed by atoms with van der Waals surface area (Å²) in [6, 6.07) is 11.6. The second-order valence-corrected chi connectivity index (χ2v) is 11.5. The molecular weight excluding hydrogens is 538 g/mol. The number of rotatable bonds is 8. The second kappa shape index (κ2) is 10.7. The van der Waals surface area contributed by atoms with Crippen LogP contribution in [0.4, 0.5) is 0 Å². The summed E-state index contributed by atoms with van der Waals surface area (Å²) in [4.78, 5) is 25.6. The van der Waals surface area contributed by atoms with Crippen LogP contribution in [0.2, 0.25) is 5.02 Å². The van der Waals surface area contributed by atoms with Crippen molar-refractivity contribution in [3.05, 3.63) is 74.8 Å². The van der Waals surface area contributed by atoms with Crippen LogP contribution in [0.3, 0.4) is 0 Å². The third kappa shape index (κ3) is 5.07. The highest BCUT2D eigenvalue weighted by Crippen LogP contribution is 2.33. The molecule has 6 rings (SSSR count). The summed E-state index contributed by atoms with van der Waals surface area (Å²) >= 11 is 6.37. The molecule has 0 bridgehead atoms. The van der Waals surface area contributed by atoms with Gasteiger partial charge in [0.05, 0.1) is 29.9 Å². The Balaban J connectivity index is 1.65. The summed E-state index contributed by atoms with van der Waals surface area (Å²) in [5.41, 5.74) is 4.80. The van der Waals surface area contributed by atoms with Crippen molar-refractivity contribution in [3.63, 3.8) is 0 Å². The summed E-state index contributed by atoms with van der Waals surface area (Å²) in [6.45, 7) is 2.47. The maximum Gasteiger partial charge on any atom is 0.266 e. The number of nitriles is 1. The third-order valence-corrected chi connectivity index (χ3v) is 7.91. The van der Waals surface area contributed by atoms with Crippen molar-refractivity contribution < 1.29 is 0 Å². The highest BCUT2D eigenvalue weighted by molar-refractivity contribution is 6.31. The third-order valence-electron chi connectivity index (χ3n) is 7.68. The van der Waals surface area contributed by atoms with E-state index < -0.39 is 0 Å². The Morgan fingerprint density at radius 3 is 2.71 bits per heavy atom. The van der Waals surface area contributed by atoms with Gasteiger partial charge >= 0.3 is 0 Å². The Hall–Kier alpha value is -4.20. The van der Waals surface area contributed by atoms with Crippen LogP contribution in [0.1, 0.15) is 24.0 Å². The monoisotopic (exact) mass is 569 g/mol. The van der Waals surface area contributed by atoms with Gasteiger partial charge in [-0.2, -0.15) is 10.4 Å². The summed E-state index contributed by atoms with van der Waals surface area (Å²) in [5.74, 6) is 0.531. The number of likely N-dealkylation sites (N-methyl/N-ethyl adjacent to an activating group) is 1. The average molecular weight is 570 g/mol. The summed E-state index contributed by atoms with van der Waals surface area (Å²) in [5, 5.41) is 16.8. The van der Waals surface area contributed by atoms with Crippen molar-refractivity contribution in [2.75, 3.05) is 27.2 Å². The molecule has 210 valence electrons. The number of aryl methyl sites for hydroxylation is 1. The molecule has 1 aromatic carbocycles. The van der Waals surface area contributed by atoms with Gasteiger partial charge in [-0.3, -0.25) is 28.6 Å². The van der Waals surface area contributed by atoms with Gasteiger partial charge in [-0.15, -0.1) is 0 Å². The fraction of sp³-hybridized carbons (Fsp3) is 0.367. The standard InChI is InChI=1S/C30H32ClN9O/c1-36(2)12-11-34-30-38(4)29(41)26-27(25-13-20(15-32)16-37(25)3)40(35-28(26)39(30)17-19-5-6-19)18-21-9-10-33-24-8-7-22(31)14-23(21)24/h7-10,13-14,16,19H,5-6,11-12,17-18H2,1-4H3. The van der Waals surface area contributed by atoms with E-state index in [0.717, 1.165) is 48.1 Å². The molecule has 0 aliphatic heterocycles. The van der Waals surface area contributed by atoms with Crippen molar-refractivity contribution in [3.8, 4) is 17.5 Å². The van der Waals surface area contributed by atoms with Crippen molar-refractivity contribution >= 4 is 33.5 Å². The molecule has 41 heavy (non-hydrogen) atoms. The van der Waals surface area contributed by atoms with Gasteiger partial charge in [0.25, 0.3) is 5.56 Å². The first-order chi connectivity index (χ1) is 19.7. The van der Waals surface area contributed by atoms with Crippen LogP contribution in [0.15, 0.2) is 52.5 Å². The van der Waals surface area contributed by atoms with E-state index in [1.165, 1.54) is 0 Å². The molecule has 0 radical (unpaired) electrons. The summed E-state index contributed by atoms with van der Waals surface area (Å²) < 4.78 is 7.52. The van der Waals surface area contributed by atoms with Gasteiger partial charge in [0.1, 0.15) is 17.1 Å². The zero-order valence-electron chi connectivity index (χ0n) is 23.7. The number of hydrogen-bond acceptors (Lipinski definition) is 6. The fourth-order valence-electron chi connectivity index (χ4n) is 5.35. The van der Waals surface area contributed by atoms with E-state index in [-0.39, 0.29) is 5.56 Å². The minimum atomic E-state index is -0.167. The van der Waals surface area contributed by atoms with E-state index in [9.17, 15) is 10.1 Å². The molecule has 0 spiro atoms. The van der Waals surface area contributed by atoms with Crippen LogP contribution >= 0.6 is 11.6 Å². The average Bonchev–Trinajstić information content (AvgIpc) is 3.58. The van der Waals surface area contributed by atoms with Gasteiger partial charge in [-0.05, 0) is 68.8 Å². The molecular formula is C30H32ClN9O. The minimum absolute atomic E-state index is 0.167. The molecule has 5 aromatic rings. The van der Waals surface area contributed by atoms with Crippen LogP contribution in [-0.2, 0) is 27.2 Å². The molecule has 4 aromatic heterocycles. The van der Waals surface area contributed by atoms with Gasteiger partial charge in [-0.25, -0.2) is 0 Å². The SMILES string of the molecule is CN(C)CCN=c1n(C)c(=O)c2c(-c3cc(C#N)cn3C)n(Cc3ccnc4ccc(Cl)cc34)nc2n1CC1CC1. The lowest BCUT2D eigenvalue weighted by molar-refractivity contribution is 0.415. The van der Waals surface area contributed by atoms with E-state index in [1.54, 1.807) is 24.0 Å². The highest BCUT2D eigenvalue weighted by Gasteiger charge is 2.28. The quantitative estimate of drug-likeness (QED) is 0.284. The zero-order valence-corrected chi connectivity index (χ0v) is 24.4. The normalized spacial score (nSPS) is 14.0. The molecule has 1 aliphatic rings. The van der Waals surface area contributed by atoms with Crippen LogP contribution in [-0.4, -0.2) is 60.6 Å². The predicted molar refractivity (Wildman–Crippen MR) is 160 cm³/mol. The summed E-state index contributed by atoms with van der Waals surface area (Å²) in [6.07, 6.45) is 5.84. The van der Waals surface area contributed by atoms with Gasteiger partial charge in [0.2, 0.25) is 5.62 Å². The molecule has 11 heteroatoms. The van der Waals surface area contributed by atoms with E-state index >= 15 is 0 Å². The Labute approximate surface area is 242 Å². The molecule has 1 aliphatic carbocycles. The topological polar surface area (TPSA) is 102 Å². The highest BCUT2D eigenvalue weighted by atomic mass is 35.5. The molecule has 0 atom stereocenters. The number of benzene rings is 1. The van der Waals surface area contributed by atoms with Gasteiger partial charge in [-0.1, -0.05) is 11.6 Å². The maximum absolute atomic E-state index is 14.1. The molecule has 1 fully saturated rings. The molecule has 0 amide bonds. The second-order valence-electron chi connectivity index (χ2n) is 11.1. The van der Waals surface area contributed by atoms with Crippen molar-refractivity contribution in [1.82, 2.24) is 33.4 Å². The lowest BCUT2D eigenvalue weighted by Gasteiger charge is -2.13. The fourth-order valence-corrected chi connectivity index (χ4v) is 5.52. The van der Waals surface area contributed by atoms with Crippen LogP contribution in [0, 0.1) is 17.2 Å². The number of nitrogens with zero attached hydrogens (tertiary/aromatic N) is 9. The number of fused-ring (bicyclic) bond motifs is 2. The lowest BCUT2D eigenvalue weighted by Crippen LogP contribution is -2.40. The maximum atomic E-state index is 14.1. The Morgan fingerprint density at radius 2 is 2.00 bits per heavy atom. The van der Waals surface area contributed by atoms with Crippen molar-refractivity contribution in [2.24, 2.45) is 25.0 Å². The van der Waals surface area contributed by atoms with Crippen LogP contribution in [0.5, 0.6) is 0 Å². The Morgan fingerprint density at radius 1 is 1.20 bits per heavy atom. The smallest absolute Gasteiger partial charge is 0.266 e. The van der Waals surface area contributed by atoms with Crippen molar-refractivity contribution in [2.45, 2.75) is 25.9 Å². The molecule has 1 saturated carbocycles. The molecule has 10 nitrogen and oxygen atoms in total. The molecule has 0 unspecified atom stereocenters. The summed E-state index contributed by atoms with van der Waals surface area (Å²) in [7, 11) is 7.68. The van der Waals surface area contributed by atoms with E-state index in [0.29, 0.717) is 51.9 Å². The van der Waals surface area contributed by atoms with E-state index in [4.69, 9.17) is 21.7 Å². The molecule has 0 N–H and O–H groups in total. The Kier molecular flexibility index (Phi) is 7.01. The first kappa shape index (κ1) is 27.0. The van der Waals surface area contributed by atoms with Crippen LogP contribution < -0.4 is 11.2 Å². The minimum Gasteiger partial charge on any atom is -0.348 e. The number of hydrogen-bond donors (Lipinski definition) is 0. The van der Waals surface area contributed by atoms with Crippen molar-refractivity contribution in [1.29, 1.82) is 5.26 Å². The van der Waals surface area contributed by atoms with E-state index in [1.807, 2.05) is 60.7 Å².